The molecule has 0 aliphatic carbocycles. The van der Waals surface area contributed by atoms with Gasteiger partial charge in [-0.25, -0.2) is 4.79 Å². The lowest BCUT2D eigenvalue weighted by Gasteiger charge is -2.20. The van der Waals surface area contributed by atoms with Gasteiger partial charge in [-0.2, -0.15) is 0 Å². The zero-order chi connectivity index (χ0) is 18.4. The summed E-state index contributed by atoms with van der Waals surface area (Å²) < 4.78 is 5.22. The molecular weight excluding hydrogens is 365 g/mol. The number of nitrogens with one attached hydrogen (secondary N) is 1. The molecule has 0 unspecified atom stereocenters. The van der Waals surface area contributed by atoms with Crippen LogP contribution in [0.4, 0.5) is 0 Å². The topological polar surface area (TPSA) is 75.6 Å². The Morgan fingerprint density at radius 2 is 1.84 bits per heavy atom. The van der Waals surface area contributed by atoms with Crippen LogP contribution in [0, 0.1) is 0 Å². The Labute approximate surface area is 155 Å². The van der Waals surface area contributed by atoms with Gasteiger partial charge in [0.15, 0.2) is 6.10 Å². The monoisotopic (exact) mass is 381 g/mol. The van der Waals surface area contributed by atoms with Crippen molar-refractivity contribution in [3.05, 3.63) is 69.7 Å². The second-order valence-electron chi connectivity index (χ2n) is 5.37. The maximum atomic E-state index is 12.5. The molecule has 0 saturated carbocycles. The molecule has 2 atom stereocenters. The highest BCUT2D eigenvalue weighted by molar-refractivity contribution is 6.35. The Bertz CT molecular complexity index is 752. The van der Waals surface area contributed by atoms with Crippen molar-refractivity contribution in [1.82, 2.24) is 5.32 Å². The molecule has 0 aromatic heterocycles. The molecule has 0 aliphatic rings. The fraction of sp³-hybridized carbons (Fsp3) is 0.222. The normalized spacial score (nSPS) is 13.1. The van der Waals surface area contributed by atoms with Gasteiger partial charge >= 0.3 is 5.97 Å². The van der Waals surface area contributed by atoms with Crippen LogP contribution in [0.3, 0.4) is 0 Å². The summed E-state index contributed by atoms with van der Waals surface area (Å²) in [6, 6.07) is 12.5. The third-order valence-corrected chi connectivity index (χ3v) is 4.22. The number of ether oxygens (including phenoxy) is 1. The number of aliphatic carboxylic acids is 1. The number of carboxylic acids is 1. The van der Waals surface area contributed by atoms with Crippen molar-refractivity contribution in [1.29, 1.82) is 0 Å². The Morgan fingerprint density at radius 3 is 2.40 bits per heavy atom. The molecule has 2 rings (SSSR count). The van der Waals surface area contributed by atoms with E-state index in [9.17, 15) is 14.7 Å². The molecular formula is C18H17Cl2NO4. The molecule has 0 heterocycles. The molecule has 0 aliphatic heterocycles. The molecule has 25 heavy (non-hydrogen) atoms. The number of rotatable bonds is 7. The molecule has 0 spiro atoms. The van der Waals surface area contributed by atoms with E-state index in [1.54, 1.807) is 36.4 Å². The lowest BCUT2D eigenvalue weighted by molar-refractivity contribution is -0.144. The van der Waals surface area contributed by atoms with Gasteiger partial charge < -0.3 is 15.2 Å². The van der Waals surface area contributed by atoms with E-state index in [0.717, 1.165) is 0 Å². The van der Waals surface area contributed by atoms with Gasteiger partial charge in [-0.3, -0.25) is 4.79 Å². The molecule has 2 aromatic rings. The maximum Gasteiger partial charge on any atom is 0.326 e. The van der Waals surface area contributed by atoms with Crippen molar-refractivity contribution in [3.8, 4) is 0 Å². The van der Waals surface area contributed by atoms with E-state index in [2.05, 4.69) is 5.32 Å². The summed E-state index contributed by atoms with van der Waals surface area (Å²) in [6.45, 7) is 0. The minimum absolute atomic E-state index is 0.0301. The predicted molar refractivity (Wildman–Crippen MR) is 95.9 cm³/mol. The molecule has 5 nitrogen and oxygen atoms in total. The smallest absolute Gasteiger partial charge is 0.326 e. The first-order valence-electron chi connectivity index (χ1n) is 7.47. The maximum absolute atomic E-state index is 12.5. The average molecular weight is 382 g/mol. The van der Waals surface area contributed by atoms with E-state index in [-0.39, 0.29) is 6.42 Å². The molecule has 0 saturated heterocycles. The number of carboxylic acid groups (broad SMARTS) is 1. The number of carbonyl (C=O) groups is 2. The fourth-order valence-corrected chi connectivity index (χ4v) is 2.86. The minimum Gasteiger partial charge on any atom is -0.480 e. The summed E-state index contributed by atoms with van der Waals surface area (Å²) in [6.07, 6.45) is -0.869. The number of benzene rings is 2. The second kappa shape index (κ2) is 8.85. The summed E-state index contributed by atoms with van der Waals surface area (Å²) in [4.78, 5) is 24.0. The number of hydrogen-bond acceptors (Lipinski definition) is 3. The van der Waals surface area contributed by atoms with Crippen molar-refractivity contribution in [3.63, 3.8) is 0 Å². The minimum atomic E-state index is -1.16. The van der Waals surface area contributed by atoms with E-state index < -0.39 is 24.0 Å². The van der Waals surface area contributed by atoms with Crippen LogP contribution in [-0.4, -0.2) is 30.1 Å². The molecule has 7 heteroatoms. The summed E-state index contributed by atoms with van der Waals surface area (Å²) in [5.41, 5.74) is 1.21. The summed E-state index contributed by atoms with van der Waals surface area (Å²) >= 11 is 11.9. The highest BCUT2D eigenvalue weighted by Crippen LogP contribution is 2.23. The first kappa shape index (κ1) is 19.2. The molecule has 2 N–H and O–H groups in total. The van der Waals surface area contributed by atoms with Crippen molar-refractivity contribution >= 4 is 35.1 Å². The first-order valence-corrected chi connectivity index (χ1v) is 8.22. The first-order chi connectivity index (χ1) is 11.9. The zero-order valence-electron chi connectivity index (χ0n) is 13.4. The molecule has 0 radical (unpaired) electrons. The number of methoxy groups -OCH3 is 1. The van der Waals surface area contributed by atoms with Crippen LogP contribution in [0.25, 0.3) is 0 Å². The van der Waals surface area contributed by atoms with Crippen LogP contribution in [0.15, 0.2) is 48.5 Å². The molecule has 132 valence electrons. The molecule has 2 aromatic carbocycles. The quantitative estimate of drug-likeness (QED) is 0.769. The Hall–Kier alpha value is -2.08. The third kappa shape index (κ3) is 5.19. The van der Waals surface area contributed by atoms with Crippen molar-refractivity contribution < 1.29 is 19.4 Å². The lowest BCUT2D eigenvalue weighted by Crippen LogP contribution is -2.44. The number of hydrogen-bond donors (Lipinski definition) is 2. The molecule has 1 amide bonds. The zero-order valence-corrected chi connectivity index (χ0v) is 14.9. The van der Waals surface area contributed by atoms with Crippen LogP contribution in [0.1, 0.15) is 17.2 Å². The standard InChI is InChI=1S/C18H17Cl2NO4/c1-25-16(11-5-3-2-4-6-11)17(22)21-15(18(23)24)9-12-7-8-13(19)10-14(12)20/h2-8,10,15-16H,9H2,1H3,(H,21,22)(H,23,24)/t15-,16-/m0/s1. The summed E-state index contributed by atoms with van der Waals surface area (Å²) in [7, 11) is 1.39. The van der Waals surface area contributed by atoms with Gasteiger partial charge in [-0.05, 0) is 23.3 Å². The van der Waals surface area contributed by atoms with Gasteiger partial charge in [0.25, 0.3) is 5.91 Å². The number of carbonyl (C=O) groups excluding carboxylic acids is 1. The van der Waals surface area contributed by atoms with Gasteiger partial charge in [0, 0.05) is 23.6 Å². The van der Waals surface area contributed by atoms with Crippen LogP contribution in [0.2, 0.25) is 10.0 Å². The largest absolute Gasteiger partial charge is 0.480 e. The number of amides is 1. The third-order valence-electron chi connectivity index (χ3n) is 3.63. The van der Waals surface area contributed by atoms with Gasteiger partial charge in [-0.15, -0.1) is 0 Å². The predicted octanol–water partition coefficient (Wildman–Crippen LogP) is 3.49. The van der Waals surface area contributed by atoms with E-state index in [0.29, 0.717) is 21.2 Å². The van der Waals surface area contributed by atoms with E-state index in [1.165, 1.54) is 13.2 Å². The van der Waals surface area contributed by atoms with Crippen molar-refractivity contribution in [2.45, 2.75) is 18.6 Å². The summed E-state index contributed by atoms with van der Waals surface area (Å²) in [5, 5.41) is 12.7. The van der Waals surface area contributed by atoms with E-state index in [4.69, 9.17) is 27.9 Å². The highest BCUT2D eigenvalue weighted by atomic mass is 35.5. The Balaban J connectivity index is 2.15. The van der Waals surface area contributed by atoms with Crippen LogP contribution >= 0.6 is 23.2 Å². The SMILES string of the molecule is CO[C@H](C(=O)N[C@@H](Cc1ccc(Cl)cc1Cl)C(=O)O)c1ccccc1. The molecule has 0 bridgehead atoms. The Morgan fingerprint density at radius 1 is 1.16 bits per heavy atom. The average Bonchev–Trinajstić information content (AvgIpc) is 2.58. The van der Waals surface area contributed by atoms with E-state index >= 15 is 0 Å². The van der Waals surface area contributed by atoms with Gasteiger partial charge in [0.05, 0.1) is 0 Å². The van der Waals surface area contributed by atoms with Crippen LogP contribution < -0.4 is 5.32 Å². The van der Waals surface area contributed by atoms with Crippen LogP contribution in [-0.2, 0) is 20.7 Å². The highest BCUT2D eigenvalue weighted by Gasteiger charge is 2.27. The Kier molecular flexibility index (Phi) is 6.82. The van der Waals surface area contributed by atoms with Gasteiger partial charge in [0.1, 0.15) is 6.04 Å². The van der Waals surface area contributed by atoms with Crippen molar-refractivity contribution in [2.75, 3.05) is 7.11 Å². The van der Waals surface area contributed by atoms with Gasteiger partial charge in [0.2, 0.25) is 0 Å². The fourth-order valence-electron chi connectivity index (χ4n) is 2.38. The number of halogens is 2. The van der Waals surface area contributed by atoms with Crippen LogP contribution in [0.5, 0.6) is 0 Å². The summed E-state index contributed by atoms with van der Waals surface area (Å²) in [5.74, 6) is -1.70. The van der Waals surface area contributed by atoms with E-state index in [1.807, 2.05) is 6.07 Å². The molecule has 0 fully saturated rings. The second-order valence-corrected chi connectivity index (χ2v) is 6.21. The lowest BCUT2D eigenvalue weighted by atomic mass is 10.0. The van der Waals surface area contributed by atoms with Crippen molar-refractivity contribution in [2.24, 2.45) is 0 Å². The van der Waals surface area contributed by atoms with Gasteiger partial charge in [-0.1, -0.05) is 59.6 Å².